The van der Waals surface area contributed by atoms with Crippen LogP contribution in [0.25, 0.3) is 0 Å². The highest BCUT2D eigenvalue weighted by Gasteiger charge is 2.21. The minimum atomic E-state index is -0.418. The summed E-state index contributed by atoms with van der Waals surface area (Å²) in [6.45, 7) is 3.09. The molecule has 0 saturated heterocycles. The van der Waals surface area contributed by atoms with Gasteiger partial charge in [-0.3, -0.25) is 0 Å². The Balaban J connectivity index is 1.77. The Morgan fingerprint density at radius 3 is 2.50 bits per heavy atom. The highest BCUT2D eigenvalue weighted by molar-refractivity contribution is 5.89. The molecule has 0 unspecified atom stereocenters. The maximum atomic E-state index is 13.4. The summed E-state index contributed by atoms with van der Waals surface area (Å²) in [7, 11) is 0. The summed E-state index contributed by atoms with van der Waals surface area (Å²) in [6, 6.07) is 6.58. The Labute approximate surface area is 119 Å². The zero-order valence-corrected chi connectivity index (χ0v) is 11.8. The molecule has 0 atom stereocenters. The second kappa shape index (κ2) is 7.24. The molecule has 20 heavy (non-hydrogen) atoms. The zero-order chi connectivity index (χ0) is 14.4. The number of hydrogen-bond donors (Lipinski definition) is 3. The smallest absolute Gasteiger partial charge is 0.319 e. The molecular formula is C15H22FN3O. The molecule has 5 heteroatoms. The van der Waals surface area contributed by atoms with E-state index in [9.17, 15) is 9.18 Å². The molecule has 110 valence electrons. The predicted octanol–water partition coefficient (Wildman–Crippen LogP) is 2.87. The summed E-state index contributed by atoms with van der Waals surface area (Å²) in [5, 5.41) is 8.89. The monoisotopic (exact) mass is 279 g/mol. The van der Waals surface area contributed by atoms with E-state index in [1.807, 2.05) is 0 Å². The predicted molar refractivity (Wildman–Crippen MR) is 78.3 cm³/mol. The van der Waals surface area contributed by atoms with Crippen LogP contribution in [0.2, 0.25) is 0 Å². The third-order valence-corrected chi connectivity index (χ3v) is 3.68. The van der Waals surface area contributed by atoms with Gasteiger partial charge in [0.2, 0.25) is 0 Å². The Bertz CT molecular complexity index is 444. The number of nitrogens with one attached hydrogen (secondary N) is 3. The first-order valence-electron chi connectivity index (χ1n) is 7.24. The number of carbonyl (C=O) groups is 1. The SMILES string of the molecule is CCNC1CCC(NC(=O)Nc2ccccc2F)CC1. The quantitative estimate of drug-likeness (QED) is 0.794. The summed E-state index contributed by atoms with van der Waals surface area (Å²) in [5.74, 6) is -0.418. The van der Waals surface area contributed by atoms with Crippen molar-refractivity contribution in [3.63, 3.8) is 0 Å². The van der Waals surface area contributed by atoms with Gasteiger partial charge < -0.3 is 16.0 Å². The number of urea groups is 1. The van der Waals surface area contributed by atoms with Gasteiger partial charge in [0.1, 0.15) is 5.82 Å². The first kappa shape index (κ1) is 14.8. The van der Waals surface area contributed by atoms with Gasteiger partial charge in [0, 0.05) is 12.1 Å². The summed E-state index contributed by atoms with van der Waals surface area (Å²) in [5.41, 5.74) is 0.214. The van der Waals surface area contributed by atoms with Crippen molar-refractivity contribution >= 4 is 11.7 Å². The molecule has 3 N–H and O–H groups in total. The van der Waals surface area contributed by atoms with Crippen LogP contribution >= 0.6 is 0 Å². The van der Waals surface area contributed by atoms with Crippen molar-refractivity contribution in [3.05, 3.63) is 30.1 Å². The highest BCUT2D eigenvalue weighted by atomic mass is 19.1. The Kier molecular flexibility index (Phi) is 5.35. The number of hydrogen-bond acceptors (Lipinski definition) is 2. The maximum Gasteiger partial charge on any atom is 0.319 e. The zero-order valence-electron chi connectivity index (χ0n) is 11.8. The number of rotatable bonds is 4. The number of amides is 2. The fraction of sp³-hybridized carbons (Fsp3) is 0.533. The molecule has 0 heterocycles. The van der Waals surface area contributed by atoms with E-state index in [0.717, 1.165) is 32.2 Å². The first-order valence-corrected chi connectivity index (χ1v) is 7.24. The second-order valence-electron chi connectivity index (χ2n) is 5.18. The van der Waals surface area contributed by atoms with Crippen LogP contribution in [-0.2, 0) is 0 Å². The van der Waals surface area contributed by atoms with E-state index in [2.05, 4.69) is 22.9 Å². The number of benzene rings is 1. The van der Waals surface area contributed by atoms with Crippen LogP contribution in [0.5, 0.6) is 0 Å². The molecule has 1 saturated carbocycles. The Morgan fingerprint density at radius 2 is 1.85 bits per heavy atom. The molecule has 2 rings (SSSR count). The van der Waals surface area contributed by atoms with Crippen molar-refractivity contribution in [1.29, 1.82) is 0 Å². The number of carbonyl (C=O) groups excluding carboxylic acids is 1. The van der Waals surface area contributed by atoms with Gasteiger partial charge in [-0.1, -0.05) is 19.1 Å². The number of para-hydroxylation sites is 1. The number of anilines is 1. The lowest BCUT2D eigenvalue weighted by molar-refractivity contribution is 0.240. The lowest BCUT2D eigenvalue weighted by Crippen LogP contribution is -2.43. The van der Waals surface area contributed by atoms with Crippen LogP contribution < -0.4 is 16.0 Å². The maximum absolute atomic E-state index is 13.4. The Morgan fingerprint density at radius 1 is 1.20 bits per heavy atom. The molecule has 0 aromatic heterocycles. The molecule has 0 aliphatic heterocycles. The summed E-state index contributed by atoms with van der Waals surface area (Å²) < 4.78 is 13.4. The van der Waals surface area contributed by atoms with Crippen LogP contribution in [-0.4, -0.2) is 24.7 Å². The first-order chi connectivity index (χ1) is 9.69. The summed E-state index contributed by atoms with van der Waals surface area (Å²) in [4.78, 5) is 11.8. The van der Waals surface area contributed by atoms with Crippen molar-refractivity contribution in [2.45, 2.75) is 44.7 Å². The van der Waals surface area contributed by atoms with Crippen molar-refractivity contribution in [2.75, 3.05) is 11.9 Å². The third kappa shape index (κ3) is 4.20. The molecular weight excluding hydrogens is 257 g/mol. The van der Waals surface area contributed by atoms with Crippen LogP contribution in [0.4, 0.5) is 14.9 Å². The number of halogens is 1. The van der Waals surface area contributed by atoms with E-state index in [-0.39, 0.29) is 17.8 Å². The lowest BCUT2D eigenvalue weighted by atomic mass is 9.91. The van der Waals surface area contributed by atoms with E-state index in [0.29, 0.717) is 6.04 Å². The highest BCUT2D eigenvalue weighted by Crippen LogP contribution is 2.19. The van der Waals surface area contributed by atoms with Crippen LogP contribution in [0, 0.1) is 5.82 Å². The van der Waals surface area contributed by atoms with Crippen LogP contribution in [0.1, 0.15) is 32.6 Å². The summed E-state index contributed by atoms with van der Waals surface area (Å²) in [6.07, 6.45) is 4.06. The molecule has 2 amide bonds. The molecule has 1 aromatic rings. The molecule has 0 spiro atoms. The van der Waals surface area contributed by atoms with E-state index < -0.39 is 5.82 Å². The van der Waals surface area contributed by atoms with Gasteiger partial charge in [0.05, 0.1) is 5.69 Å². The Hall–Kier alpha value is -1.62. The normalized spacial score (nSPS) is 22.3. The van der Waals surface area contributed by atoms with E-state index >= 15 is 0 Å². The van der Waals surface area contributed by atoms with Gasteiger partial charge >= 0.3 is 6.03 Å². The lowest BCUT2D eigenvalue weighted by Gasteiger charge is -2.29. The summed E-state index contributed by atoms with van der Waals surface area (Å²) >= 11 is 0. The average molecular weight is 279 g/mol. The minimum absolute atomic E-state index is 0.177. The van der Waals surface area contributed by atoms with Gasteiger partial charge in [-0.2, -0.15) is 0 Å². The van der Waals surface area contributed by atoms with Crippen molar-refractivity contribution in [2.24, 2.45) is 0 Å². The van der Waals surface area contributed by atoms with Gasteiger partial charge in [0.25, 0.3) is 0 Å². The molecule has 1 aliphatic rings. The average Bonchev–Trinajstić information content (AvgIpc) is 2.44. The van der Waals surface area contributed by atoms with Gasteiger partial charge in [0.15, 0.2) is 0 Å². The largest absolute Gasteiger partial charge is 0.335 e. The van der Waals surface area contributed by atoms with Gasteiger partial charge in [-0.05, 0) is 44.4 Å². The van der Waals surface area contributed by atoms with E-state index in [1.165, 1.54) is 6.07 Å². The van der Waals surface area contributed by atoms with Crippen molar-refractivity contribution < 1.29 is 9.18 Å². The third-order valence-electron chi connectivity index (χ3n) is 3.68. The van der Waals surface area contributed by atoms with Gasteiger partial charge in [-0.15, -0.1) is 0 Å². The molecule has 4 nitrogen and oxygen atoms in total. The second-order valence-corrected chi connectivity index (χ2v) is 5.18. The fourth-order valence-corrected chi connectivity index (χ4v) is 2.64. The van der Waals surface area contributed by atoms with Crippen LogP contribution in [0.15, 0.2) is 24.3 Å². The molecule has 0 bridgehead atoms. The molecule has 1 aliphatic carbocycles. The topological polar surface area (TPSA) is 53.2 Å². The standard InChI is InChI=1S/C15H22FN3O/c1-2-17-11-7-9-12(10-8-11)18-15(20)19-14-6-4-3-5-13(14)16/h3-6,11-12,17H,2,7-10H2,1H3,(H2,18,19,20). The molecule has 1 aromatic carbocycles. The molecule has 1 fully saturated rings. The fourth-order valence-electron chi connectivity index (χ4n) is 2.64. The van der Waals surface area contributed by atoms with E-state index in [1.54, 1.807) is 18.2 Å². The minimum Gasteiger partial charge on any atom is -0.335 e. The van der Waals surface area contributed by atoms with Gasteiger partial charge in [-0.25, -0.2) is 9.18 Å². The van der Waals surface area contributed by atoms with E-state index in [4.69, 9.17) is 0 Å². The molecule has 0 radical (unpaired) electrons. The van der Waals surface area contributed by atoms with Crippen molar-refractivity contribution in [1.82, 2.24) is 10.6 Å². The van der Waals surface area contributed by atoms with Crippen LogP contribution in [0.3, 0.4) is 0 Å². The van der Waals surface area contributed by atoms with Crippen molar-refractivity contribution in [3.8, 4) is 0 Å².